The molecule has 0 unspecified atom stereocenters. The molecule has 0 amide bonds. The highest BCUT2D eigenvalue weighted by atomic mass is 15.2. The third-order valence-electron chi connectivity index (χ3n) is 4.83. The van der Waals surface area contributed by atoms with Crippen LogP contribution >= 0.6 is 0 Å². The molecule has 0 aromatic carbocycles. The second kappa shape index (κ2) is 7.30. The normalized spacial score (nSPS) is 17.2. The fourth-order valence-corrected chi connectivity index (χ4v) is 3.47. The minimum Gasteiger partial charge on any atom is -0.335 e. The fraction of sp³-hybridized carbons (Fsp3) is 0.667. The summed E-state index contributed by atoms with van der Waals surface area (Å²) in [6.07, 6.45) is 10.6. The molecule has 5 heteroatoms. The number of imidazole rings is 2. The number of aryl methyl sites for hydroxylation is 1. The Hall–Kier alpha value is -1.62. The van der Waals surface area contributed by atoms with Gasteiger partial charge in [0.15, 0.2) is 0 Å². The van der Waals surface area contributed by atoms with Gasteiger partial charge in [-0.2, -0.15) is 0 Å². The Kier molecular flexibility index (Phi) is 5.16. The summed E-state index contributed by atoms with van der Waals surface area (Å²) < 4.78 is 4.60. The van der Waals surface area contributed by atoms with E-state index >= 15 is 0 Å². The Balaban J connectivity index is 1.50. The predicted octanol–water partition coefficient (Wildman–Crippen LogP) is 2.96. The van der Waals surface area contributed by atoms with Crippen LogP contribution in [0.1, 0.15) is 38.2 Å². The van der Waals surface area contributed by atoms with Gasteiger partial charge in [0.05, 0.1) is 12.0 Å². The molecule has 1 saturated heterocycles. The van der Waals surface area contributed by atoms with Gasteiger partial charge in [0.25, 0.3) is 0 Å². The molecule has 5 nitrogen and oxygen atoms in total. The molecule has 2 aromatic heterocycles. The lowest BCUT2D eigenvalue weighted by Crippen LogP contribution is -2.35. The smallest absolute Gasteiger partial charge is 0.105 e. The van der Waals surface area contributed by atoms with E-state index in [1.165, 1.54) is 31.6 Å². The Morgan fingerprint density at radius 3 is 2.65 bits per heavy atom. The third kappa shape index (κ3) is 4.22. The van der Waals surface area contributed by atoms with Crippen LogP contribution in [0.2, 0.25) is 0 Å². The van der Waals surface area contributed by atoms with Crippen molar-refractivity contribution in [1.29, 1.82) is 0 Å². The number of hydrogen-bond acceptors (Lipinski definition) is 3. The molecule has 0 N–H and O–H groups in total. The van der Waals surface area contributed by atoms with Gasteiger partial charge in [-0.25, -0.2) is 9.97 Å². The lowest BCUT2D eigenvalue weighted by molar-refractivity contribution is 0.163. The van der Waals surface area contributed by atoms with E-state index in [9.17, 15) is 0 Å². The number of rotatable bonds is 6. The van der Waals surface area contributed by atoms with Crippen LogP contribution in [0, 0.1) is 18.8 Å². The molecule has 1 fully saturated rings. The van der Waals surface area contributed by atoms with E-state index in [4.69, 9.17) is 0 Å². The molecule has 0 aliphatic carbocycles. The molecule has 126 valence electrons. The van der Waals surface area contributed by atoms with Crippen molar-refractivity contribution < 1.29 is 0 Å². The van der Waals surface area contributed by atoms with Crippen LogP contribution in [-0.4, -0.2) is 37.1 Å². The van der Waals surface area contributed by atoms with Crippen LogP contribution in [0.4, 0.5) is 0 Å². The quantitative estimate of drug-likeness (QED) is 0.822. The monoisotopic (exact) mass is 315 g/mol. The maximum absolute atomic E-state index is 4.34. The van der Waals surface area contributed by atoms with Crippen LogP contribution in [0.3, 0.4) is 0 Å². The highest BCUT2D eigenvalue weighted by Crippen LogP contribution is 2.21. The zero-order chi connectivity index (χ0) is 16.2. The van der Waals surface area contributed by atoms with Gasteiger partial charge in [-0.3, -0.25) is 4.90 Å². The number of piperidine rings is 1. The standard InChI is InChI=1S/C18H29N5/c1-15(2)11-23-14-19-10-18(23)13-21-7-4-17(5-8-21)12-22-9-6-20-16(22)3/h6,9-10,14-15,17H,4-5,7-8,11-13H2,1-3H3. The molecular weight excluding hydrogens is 286 g/mol. The SMILES string of the molecule is Cc1nccn1CC1CCN(Cc2cncn2CC(C)C)CC1. The Labute approximate surface area is 139 Å². The van der Waals surface area contributed by atoms with Gasteiger partial charge >= 0.3 is 0 Å². The summed E-state index contributed by atoms with van der Waals surface area (Å²) >= 11 is 0. The summed E-state index contributed by atoms with van der Waals surface area (Å²) in [4.78, 5) is 11.2. The molecule has 2 aromatic rings. The van der Waals surface area contributed by atoms with Gasteiger partial charge in [0.2, 0.25) is 0 Å². The highest BCUT2D eigenvalue weighted by Gasteiger charge is 2.21. The van der Waals surface area contributed by atoms with Gasteiger partial charge in [0, 0.05) is 38.2 Å². The number of likely N-dealkylation sites (tertiary alicyclic amines) is 1. The molecular formula is C18H29N5. The van der Waals surface area contributed by atoms with Gasteiger partial charge in [0.1, 0.15) is 5.82 Å². The Morgan fingerprint density at radius 2 is 2.00 bits per heavy atom. The summed E-state index contributed by atoms with van der Waals surface area (Å²) in [7, 11) is 0. The first-order valence-electron chi connectivity index (χ1n) is 8.81. The molecule has 3 heterocycles. The number of nitrogens with zero attached hydrogens (tertiary/aromatic N) is 5. The third-order valence-corrected chi connectivity index (χ3v) is 4.83. The lowest BCUT2D eigenvalue weighted by Gasteiger charge is -2.32. The van der Waals surface area contributed by atoms with Crippen molar-refractivity contribution in [3.05, 3.63) is 36.4 Å². The molecule has 0 saturated carbocycles. The molecule has 3 rings (SSSR count). The maximum Gasteiger partial charge on any atom is 0.105 e. The fourth-order valence-electron chi connectivity index (χ4n) is 3.47. The molecule has 0 bridgehead atoms. The Morgan fingerprint density at radius 1 is 1.22 bits per heavy atom. The molecule has 0 atom stereocenters. The topological polar surface area (TPSA) is 38.9 Å². The van der Waals surface area contributed by atoms with Crippen molar-refractivity contribution in [2.45, 2.75) is 53.2 Å². The second-order valence-electron chi connectivity index (χ2n) is 7.28. The van der Waals surface area contributed by atoms with E-state index in [1.807, 2.05) is 18.7 Å². The van der Waals surface area contributed by atoms with Crippen molar-refractivity contribution in [2.75, 3.05) is 13.1 Å². The summed E-state index contributed by atoms with van der Waals surface area (Å²) in [6.45, 7) is 12.2. The van der Waals surface area contributed by atoms with Crippen LogP contribution in [0.15, 0.2) is 24.9 Å². The minimum absolute atomic E-state index is 0.659. The van der Waals surface area contributed by atoms with Gasteiger partial charge in [-0.05, 0) is 44.7 Å². The van der Waals surface area contributed by atoms with Crippen LogP contribution in [0.5, 0.6) is 0 Å². The highest BCUT2D eigenvalue weighted by molar-refractivity contribution is 4.99. The minimum atomic E-state index is 0.659. The van der Waals surface area contributed by atoms with E-state index < -0.39 is 0 Å². The zero-order valence-electron chi connectivity index (χ0n) is 14.6. The first kappa shape index (κ1) is 16.2. The van der Waals surface area contributed by atoms with Crippen LogP contribution in [-0.2, 0) is 19.6 Å². The first-order chi connectivity index (χ1) is 11.1. The second-order valence-corrected chi connectivity index (χ2v) is 7.28. The molecule has 23 heavy (non-hydrogen) atoms. The average Bonchev–Trinajstić information content (AvgIpc) is 3.11. The van der Waals surface area contributed by atoms with E-state index in [1.54, 1.807) is 0 Å². The van der Waals surface area contributed by atoms with Crippen molar-refractivity contribution in [3.63, 3.8) is 0 Å². The van der Waals surface area contributed by atoms with E-state index in [0.29, 0.717) is 5.92 Å². The van der Waals surface area contributed by atoms with E-state index in [-0.39, 0.29) is 0 Å². The average molecular weight is 315 g/mol. The largest absolute Gasteiger partial charge is 0.335 e. The van der Waals surface area contributed by atoms with E-state index in [0.717, 1.165) is 31.4 Å². The van der Waals surface area contributed by atoms with Crippen molar-refractivity contribution in [3.8, 4) is 0 Å². The molecule has 1 aliphatic rings. The van der Waals surface area contributed by atoms with Gasteiger partial charge < -0.3 is 9.13 Å². The van der Waals surface area contributed by atoms with Crippen LogP contribution < -0.4 is 0 Å². The maximum atomic E-state index is 4.34. The number of hydrogen-bond donors (Lipinski definition) is 0. The number of aromatic nitrogens is 4. The van der Waals surface area contributed by atoms with Gasteiger partial charge in [-0.15, -0.1) is 0 Å². The molecule has 0 spiro atoms. The van der Waals surface area contributed by atoms with Crippen molar-refractivity contribution in [2.24, 2.45) is 11.8 Å². The first-order valence-corrected chi connectivity index (χ1v) is 8.81. The van der Waals surface area contributed by atoms with Gasteiger partial charge in [-0.1, -0.05) is 13.8 Å². The molecule has 1 aliphatic heterocycles. The molecule has 0 radical (unpaired) electrons. The van der Waals surface area contributed by atoms with Crippen LogP contribution in [0.25, 0.3) is 0 Å². The summed E-state index contributed by atoms with van der Waals surface area (Å²) in [5.74, 6) is 2.57. The summed E-state index contributed by atoms with van der Waals surface area (Å²) in [5.41, 5.74) is 1.35. The summed E-state index contributed by atoms with van der Waals surface area (Å²) in [5, 5.41) is 0. The van der Waals surface area contributed by atoms with Crippen molar-refractivity contribution in [1.82, 2.24) is 24.0 Å². The van der Waals surface area contributed by atoms with Crippen molar-refractivity contribution >= 4 is 0 Å². The zero-order valence-corrected chi connectivity index (χ0v) is 14.6. The summed E-state index contributed by atoms with van der Waals surface area (Å²) in [6, 6.07) is 0. The predicted molar refractivity (Wildman–Crippen MR) is 92.0 cm³/mol. The van der Waals surface area contributed by atoms with E-state index in [2.05, 4.69) is 51.0 Å². The Bertz CT molecular complexity index is 604. The lowest BCUT2D eigenvalue weighted by atomic mass is 9.96.